The highest BCUT2D eigenvalue weighted by molar-refractivity contribution is 5.83. The van der Waals surface area contributed by atoms with Gasteiger partial charge in [-0.15, -0.1) is 0 Å². The summed E-state index contributed by atoms with van der Waals surface area (Å²) in [7, 11) is 0. The number of nitrogens with one attached hydrogen (secondary N) is 1. The molecule has 1 amide bonds. The highest BCUT2D eigenvalue weighted by atomic mass is 16.2. The Labute approximate surface area is 143 Å². The van der Waals surface area contributed by atoms with E-state index < -0.39 is 0 Å². The summed E-state index contributed by atoms with van der Waals surface area (Å²) in [6, 6.07) is 0.644. The maximum Gasteiger partial charge on any atom is 0.226 e. The second-order valence-electron chi connectivity index (χ2n) is 8.99. The molecule has 1 atom stereocenters. The Kier molecular flexibility index (Phi) is 6.16. The lowest BCUT2D eigenvalue weighted by Gasteiger charge is -2.48. The minimum atomic E-state index is -0.132. The Hall–Kier alpha value is -0.570. The van der Waals surface area contributed by atoms with Gasteiger partial charge in [-0.25, -0.2) is 0 Å². The summed E-state index contributed by atoms with van der Waals surface area (Å²) in [5.41, 5.74) is -0.246. The largest absolute Gasteiger partial charge is 0.351 e. The fourth-order valence-corrected chi connectivity index (χ4v) is 4.56. The van der Waals surface area contributed by atoms with Gasteiger partial charge >= 0.3 is 0 Å². The molecule has 1 saturated carbocycles. The molecule has 1 saturated heterocycles. The minimum Gasteiger partial charge on any atom is -0.351 e. The number of rotatable bonds is 4. The normalized spacial score (nSPS) is 25.1. The molecule has 0 aromatic heterocycles. The van der Waals surface area contributed by atoms with Crippen LogP contribution < -0.4 is 5.32 Å². The summed E-state index contributed by atoms with van der Waals surface area (Å²) < 4.78 is 0. The van der Waals surface area contributed by atoms with Crippen LogP contribution in [0.1, 0.15) is 86.0 Å². The molecule has 1 unspecified atom stereocenters. The van der Waals surface area contributed by atoms with E-state index in [2.05, 4.69) is 44.8 Å². The first-order valence-electron chi connectivity index (χ1n) is 9.85. The Morgan fingerprint density at radius 1 is 1.17 bits per heavy atom. The molecule has 1 heterocycles. The van der Waals surface area contributed by atoms with Crippen LogP contribution in [0.5, 0.6) is 0 Å². The predicted octanol–water partition coefficient (Wildman–Crippen LogP) is 4.36. The first-order chi connectivity index (χ1) is 10.8. The van der Waals surface area contributed by atoms with Crippen molar-refractivity contribution in [3.8, 4) is 0 Å². The highest BCUT2D eigenvalue weighted by Crippen LogP contribution is 2.46. The zero-order valence-corrected chi connectivity index (χ0v) is 16.1. The average molecular weight is 323 g/mol. The number of hydrogen-bond acceptors (Lipinski definition) is 2. The minimum absolute atomic E-state index is 0.113. The first kappa shape index (κ1) is 18.8. The van der Waals surface area contributed by atoms with Crippen molar-refractivity contribution in [2.24, 2.45) is 11.3 Å². The molecule has 2 rings (SSSR count). The number of likely N-dealkylation sites (tertiary alicyclic amines) is 1. The zero-order chi connectivity index (χ0) is 17.1. The molecule has 1 N–H and O–H groups in total. The monoisotopic (exact) mass is 322 g/mol. The van der Waals surface area contributed by atoms with Crippen molar-refractivity contribution in [2.75, 3.05) is 13.1 Å². The molecule has 0 aromatic rings. The standard InChI is InChI=1S/C20H38N2O/c1-6-16(2)22-14-12-20(13-15-22,17-10-8-7-9-11-17)18(23)21-19(3,4)5/h16-17H,6-15H2,1-5H3,(H,21,23). The van der Waals surface area contributed by atoms with Gasteiger partial charge in [0, 0.05) is 11.6 Å². The molecule has 3 nitrogen and oxygen atoms in total. The van der Waals surface area contributed by atoms with Crippen LogP contribution in [0.2, 0.25) is 0 Å². The third-order valence-electron chi connectivity index (χ3n) is 6.23. The summed E-state index contributed by atoms with van der Waals surface area (Å²) in [6.45, 7) is 13.1. The number of nitrogens with zero attached hydrogens (tertiary/aromatic N) is 1. The van der Waals surface area contributed by atoms with Gasteiger partial charge in [-0.2, -0.15) is 0 Å². The maximum atomic E-state index is 13.3. The number of carbonyl (C=O) groups excluding carboxylic acids is 1. The quantitative estimate of drug-likeness (QED) is 0.834. The molecule has 2 aliphatic rings. The third kappa shape index (κ3) is 4.49. The molecule has 134 valence electrons. The van der Waals surface area contributed by atoms with E-state index in [4.69, 9.17) is 0 Å². The zero-order valence-electron chi connectivity index (χ0n) is 16.1. The third-order valence-corrected chi connectivity index (χ3v) is 6.23. The van der Waals surface area contributed by atoms with Gasteiger partial charge in [-0.3, -0.25) is 4.79 Å². The Balaban J connectivity index is 2.14. The number of hydrogen-bond donors (Lipinski definition) is 1. The van der Waals surface area contributed by atoms with Gasteiger partial charge < -0.3 is 10.2 Å². The smallest absolute Gasteiger partial charge is 0.226 e. The Morgan fingerprint density at radius 3 is 2.22 bits per heavy atom. The van der Waals surface area contributed by atoms with Crippen molar-refractivity contribution < 1.29 is 4.79 Å². The predicted molar refractivity (Wildman–Crippen MR) is 97.5 cm³/mol. The van der Waals surface area contributed by atoms with Crippen LogP contribution in [0.3, 0.4) is 0 Å². The van der Waals surface area contributed by atoms with Crippen molar-refractivity contribution in [3.05, 3.63) is 0 Å². The van der Waals surface area contributed by atoms with E-state index in [0.717, 1.165) is 25.9 Å². The van der Waals surface area contributed by atoms with E-state index in [-0.39, 0.29) is 11.0 Å². The van der Waals surface area contributed by atoms with E-state index >= 15 is 0 Å². The summed E-state index contributed by atoms with van der Waals surface area (Å²) in [4.78, 5) is 15.8. The second-order valence-corrected chi connectivity index (χ2v) is 8.99. The second kappa shape index (κ2) is 7.55. The van der Waals surface area contributed by atoms with Gasteiger partial charge in [0.25, 0.3) is 0 Å². The van der Waals surface area contributed by atoms with E-state index in [1.807, 2.05) is 0 Å². The van der Waals surface area contributed by atoms with Crippen LogP contribution in [0.25, 0.3) is 0 Å². The fourth-order valence-electron chi connectivity index (χ4n) is 4.56. The van der Waals surface area contributed by atoms with Crippen molar-refractivity contribution in [1.29, 1.82) is 0 Å². The maximum absolute atomic E-state index is 13.3. The van der Waals surface area contributed by atoms with E-state index in [9.17, 15) is 4.79 Å². The lowest BCUT2D eigenvalue weighted by Crippen LogP contribution is -2.57. The van der Waals surface area contributed by atoms with Gasteiger partial charge in [0.1, 0.15) is 0 Å². The molecule has 0 aromatic carbocycles. The Morgan fingerprint density at radius 2 is 1.74 bits per heavy atom. The molecule has 3 heteroatoms. The highest BCUT2D eigenvalue weighted by Gasteiger charge is 2.48. The van der Waals surface area contributed by atoms with E-state index in [0.29, 0.717) is 17.9 Å². The molecule has 0 bridgehead atoms. The van der Waals surface area contributed by atoms with Crippen molar-refractivity contribution >= 4 is 5.91 Å². The molecule has 1 aliphatic carbocycles. The number of piperidine rings is 1. The van der Waals surface area contributed by atoms with Gasteiger partial charge in [0.2, 0.25) is 5.91 Å². The summed E-state index contributed by atoms with van der Waals surface area (Å²) in [6.07, 6.45) is 9.77. The van der Waals surface area contributed by atoms with E-state index in [1.165, 1.54) is 38.5 Å². The summed E-state index contributed by atoms with van der Waals surface area (Å²) in [5, 5.41) is 3.33. The van der Waals surface area contributed by atoms with Crippen LogP contribution in [0.4, 0.5) is 0 Å². The SMILES string of the molecule is CCC(C)N1CCC(C(=O)NC(C)(C)C)(C2CCCCC2)CC1. The van der Waals surface area contributed by atoms with Crippen molar-refractivity contribution in [3.63, 3.8) is 0 Å². The lowest BCUT2D eigenvalue weighted by atomic mass is 9.63. The van der Waals surface area contributed by atoms with Crippen LogP contribution in [0.15, 0.2) is 0 Å². The van der Waals surface area contributed by atoms with E-state index in [1.54, 1.807) is 0 Å². The molecule has 0 spiro atoms. The molecular weight excluding hydrogens is 284 g/mol. The van der Waals surface area contributed by atoms with Gasteiger partial charge in [0.15, 0.2) is 0 Å². The topological polar surface area (TPSA) is 32.3 Å². The summed E-state index contributed by atoms with van der Waals surface area (Å²) in [5.74, 6) is 0.929. The molecular formula is C20H38N2O. The fraction of sp³-hybridized carbons (Fsp3) is 0.950. The van der Waals surface area contributed by atoms with Gasteiger partial charge in [-0.05, 0) is 78.8 Å². The lowest BCUT2D eigenvalue weighted by molar-refractivity contribution is -0.141. The summed E-state index contributed by atoms with van der Waals surface area (Å²) >= 11 is 0. The van der Waals surface area contributed by atoms with Crippen molar-refractivity contribution in [1.82, 2.24) is 10.2 Å². The first-order valence-corrected chi connectivity index (χ1v) is 9.85. The molecule has 1 aliphatic heterocycles. The van der Waals surface area contributed by atoms with Gasteiger partial charge in [-0.1, -0.05) is 26.2 Å². The molecule has 2 fully saturated rings. The van der Waals surface area contributed by atoms with Crippen molar-refractivity contribution in [2.45, 2.75) is 97.6 Å². The average Bonchev–Trinajstić information content (AvgIpc) is 2.53. The molecule has 23 heavy (non-hydrogen) atoms. The van der Waals surface area contributed by atoms with Crippen LogP contribution in [0, 0.1) is 11.3 Å². The number of carbonyl (C=O) groups is 1. The number of amides is 1. The van der Waals surface area contributed by atoms with Crippen LogP contribution in [-0.2, 0) is 4.79 Å². The Bertz CT molecular complexity index is 385. The van der Waals surface area contributed by atoms with Crippen LogP contribution >= 0.6 is 0 Å². The van der Waals surface area contributed by atoms with Gasteiger partial charge in [0.05, 0.1) is 5.41 Å². The van der Waals surface area contributed by atoms with Crippen LogP contribution in [-0.4, -0.2) is 35.5 Å². The molecule has 0 radical (unpaired) electrons.